The number of halogens is 1. The highest BCUT2D eigenvalue weighted by Gasteiger charge is 2.08. The molecule has 2 amide bonds. The van der Waals surface area contributed by atoms with Crippen molar-refractivity contribution in [2.75, 3.05) is 5.32 Å². The molecule has 0 atom stereocenters. The fourth-order valence-electron chi connectivity index (χ4n) is 2.34. The first-order valence-corrected chi connectivity index (χ1v) is 8.53. The molecule has 0 aliphatic carbocycles. The molecule has 120 valence electrons. The highest BCUT2D eigenvalue weighted by atomic mass is 79.9. The Morgan fingerprint density at radius 3 is 2.22 bits per heavy atom. The van der Waals surface area contributed by atoms with Gasteiger partial charge in [0, 0.05) is 16.4 Å². The SMILES string of the molecule is CCc1cccc(CC)c1NC(=O)N/C=C/c1ccc(Br)cc1. The van der Waals surface area contributed by atoms with Crippen molar-refractivity contribution in [3.63, 3.8) is 0 Å². The smallest absolute Gasteiger partial charge is 0.314 e. The second-order valence-electron chi connectivity index (χ2n) is 5.14. The predicted molar refractivity (Wildman–Crippen MR) is 101 cm³/mol. The zero-order valence-electron chi connectivity index (χ0n) is 13.4. The van der Waals surface area contributed by atoms with Crippen molar-refractivity contribution >= 4 is 33.7 Å². The van der Waals surface area contributed by atoms with Crippen LogP contribution in [0.4, 0.5) is 10.5 Å². The van der Waals surface area contributed by atoms with Gasteiger partial charge in [-0.1, -0.05) is 60.1 Å². The molecule has 0 aliphatic rings. The highest BCUT2D eigenvalue weighted by Crippen LogP contribution is 2.22. The van der Waals surface area contributed by atoms with Gasteiger partial charge in [0.2, 0.25) is 0 Å². The summed E-state index contributed by atoms with van der Waals surface area (Å²) in [4.78, 5) is 12.1. The third-order valence-electron chi connectivity index (χ3n) is 3.60. The van der Waals surface area contributed by atoms with Crippen LogP contribution in [0.15, 0.2) is 53.1 Å². The van der Waals surface area contributed by atoms with Gasteiger partial charge in [-0.3, -0.25) is 0 Å². The number of amides is 2. The van der Waals surface area contributed by atoms with Crippen LogP contribution in [0.5, 0.6) is 0 Å². The van der Waals surface area contributed by atoms with Gasteiger partial charge in [0.1, 0.15) is 0 Å². The van der Waals surface area contributed by atoms with Crippen molar-refractivity contribution < 1.29 is 4.79 Å². The molecule has 2 rings (SSSR count). The molecule has 2 aromatic carbocycles. The van der Waals surface area contributed by atoms with Gasteiger partial charge in [0.25, 0.3) is 0 Å². The Bertz CT molecular complexity index is 671. The van der Waals surface area contributed by atoms with Crippen LogP contribution >= 0.6 is 15.9 Å². The van der Waals surface area contributed by atoms with Crippen LogP contribution in [0.3, 0.4) is 0 Å². The van der Waals surface area contributed by atoms with Crippen LogP contribution in [0.1, 0.15) is 30.5 Å². The fourth-order valence-corrected chi connectivity index (χ4v) is 2.60. The van der Waals surface area contributed by atoms with E-state index < -0.39 is 0 Å². The summed E-state index contributed by atoms with van der Waals surface area (Å²) < 4.78 is 1.03. The molecule has 4 heteroatoms. The predicted octanol–water partition coefficient (Wildman–Crippen LogP) is 5.37. The summed E-state index contributed by atoms with van der Waals surface area (Å²) in [6.45, 7) is 4.18. The molecular formula is C19H21BrN2O. The van der Waals surface area contributed by atoms with Gasteiger partial charge >= 0.3 is 6.03 Å². The molecule has 3 nitrogen and oxygen atoms in total. The first kappa shape index (κ1) is 17.3. The Balaban J connectivity index is 2.01. The standard InChI is InChI=1S/C19H21BrN2O/c1-3-15-6-5-7-16(4-2)18(15)22-19(23)21-13-12-14-8-10-17(20)11-9-14/h5-13H,3-4H2,1-2H3,(H2,21,22,23)/b13-12+. The number of hydrogen-bond donors (Lipinski definition) is 2. The van der Waals surface area contributed by atoms with Crippen molar-refractivity contribution in [1.29, 1.82) is 0 Å². The number of carbonyl (C=O) groups excluding carboxylic acids is 1. The van der Waals surface area contributed by atoms with Crippen LogP contribution in [0.25, 0.3) is 6.08 Å². The Morgan fingerprint density at radius 1 is 1.04 bits per heavy atom. The van der Waals surface area contributed by atoms with E-state index in [-0.39, 0.29) is 6.03 Å². The average Bonchev–Trinajstić information content (AvgIpc) is 2.57. The molecule has 2 aromatic rings. The monoisotopic (exact) mass is 372 g/mol. The van der Waals surface area contributed by atoms with Gasteiger partial charge in [-0.25, -0.2) is 4.79 Å². The normalized spacial score (nSPS) is 10.7. The van der Waals surface area contributed by atoms with Crippen molar-refractivity contribution in [2.45, 2.75) is 26.7 Å². The van der Waals surface area contributed by atoms with E-state index in [1.54, 1.807) is 6.20 Å². The summed E-state index contributed by atoms with van der Waals surface area (Å²) >= 11 is 3.40. The molecule has 0 heterocycles. The first-order valence-electron chi connectivity index (χ1n) is 7.74. The van der Waals surface area contributed by atoms with E-state index in [2.05, 4.69) is 40.4 Å². The summed E-state index contributed by atoms with van der Waals surface area (Å²) in [6.07, 6.45) is 5.29. The van der Waals surface area contributed by atoms with E-state index in [0.717, 1.165) is 39.7 Å². The van der Waals surface area contributed by atoms with E-state index in [4.69, 9.17) is 0 Å². The summed E-state index contributed by atoms with van der Waals surface area (Å²) in [7, 11) is 0. The number of rotatable bonds is 5. The number of para-hydroxylation sites is 1. The zero-order valence-corrected chi connectivity index (χ0v) is 15.0. The van der Waals surface area contributed by atoms with Gasteiger partial charge in [-0.15, -0.1) is 0 Å². The molecule has 0 spiro atoms. The lowest BCUT2D eigenvalue weighted by Crippen LogP contribution is -2.25. The third-order valence-corrected chi connectivity index (χ3v) is 4.13. The minimum Gasteiger partial charge on any atom is -0.314 e. The van der Waals surface area contributed by atoms with E-state index in [1.807, 2.05) is 48.5 Å². The second kappa shape index (κ2) is 8.53. The highest BCUT2D eigenvalue weighted by molar-refractivity contribution is 9.10. The summed E-state index contributed by atoms with van der Waals surface area (Å²) in [5.41, 5.74) is 4.25. The number of nitrogens with one attached hydrogen (secondary N) is 2. The average molecular weight is 373 g/mol. The molecule has 2 N–H and O–H groups in total. The molecule has 0 aromatic heterocycles. The quantitative estimate of drug-likeness (QED) is 0.727. The number of carbonyl (C=O) groups is 1. The number of aryl methyl sites for hydroxylation is 2. The molecule has 0 saturated heterocycles. The van der Waals surface area contributed by atoms with Gasteiger partial charge in [-0.2, -0.15) is 0 Å². The molecule has 0 fully saturated rings. The summed E-state index contributed by atoms with van der Waals surface area (Å²) in [5, 5.41) is 5.72. The molecular weight excluding hydrogens is 352 g/mol. The molecule has 0 radical (unpaired) electrons. The van der Waals surface area contributed by atoms with E-state index >= 15 is 0 Å². The van der Waals surface area contributed by atoms with Crippen LogP contribution in [0.2, 0.25) is 0 Å². The third kappa shape index (κ3) is 4.96. The number of urea groups is 1. The molecule has 0 aliphatic heterocycles. The topological polar surface area (TPSA) is 41.1 Å². The van der Waals surface area contributed by atoms with E-state index in [0.29, 0.717) is 0 Å². The van der Waals surface area contributed by atoms with Crippen LogP contribution < -0.4 is 10.6 Å². The van der Waals surface area contributed by atoms with Crippen LogP contribution in [-0.2, 0) is 12.8 Å². The summed E-state index contributed by atoms with van der Waals surface area (Å²) in [5.74, 6) is 0. The lowest BCUT2D eigenvalue weighted by Gasteiger charge is -2.14. The maximum atomic E-state index is 12.1. The Kier molecular flexibility index (Phi) is 6.41. The maximum Gasteiger partial charge on any atom is 0.323 e. The molecule has 0 saturated carbocycles. The molecule has 23 heavy (non-hydrogen) atoms. The minimum atomic E-state index is -0.228. The Labute approximate surface area is 145 Å². The van der Waals surface area contributed by atoms with Gasteiger partial charge in [-0.05, 0) is 47.7 Å². The van der Waals surface area contributed by atoms with E-state index in [9.17, 15) is 4.79 Å². The summed E-state index contributed by atoms with van der Waals surface area (Å²) in [6, 6.07) is 13.8. The van der Waals surface area contributed by atoms with Gasteiger partial charge in [0.15, 0.2) is 0 Å². The fraction of sp³-hybridized carbons (Fsp3) is 0.211. The number of hydrogen-bond acceptors (Lipinski definition) is 1. The Hall–Kier alpha value is -2.07. The zero-order chi connectivity index (χ0) is 16.7. The van der Waals surface area contributed by atoms with Crippen molar-refractivity contribution in [3.8, 4) is 0 Å². The lowest BCUT2D eigenvalue weighted by atomic mass is 10.0. The van der Waals surface area contributed by atoms with Gasteiger partial charge < -0.3 is 10.6 Å². The van der Waals surface area contributed by atoms with Crippen molar-refractivity contribution in [1.82, 2.24) is 5.32 Å². The molecule has 0 unspecified atom stereocenters. The maximum absolute atomic E-state index is 12.1. The second-order valence-corrected chi connectivity index (χ2v) is 6.06. The first-order chi connectivity index (χ1) is 11.1. The van der Waals surface area contributed by atoms with Crippen molar-refractivity contribution in [3.05, 3.63) is 69.8 Å². The van der Waals surface area contributed by atoms with Crippen molar-refractivity contribution in [2.24, 2.45) is 0 Å². The number of benzene rings is 2. The molecule has 0 bridgehead atoms. The van der Waals surface area contributed by atoms with Gasteiger partial charge in [0.05, 0.1) is 0 Å². The number of anilines is 1. The van der Waals surface area contributed by atoms with Crippen LogP contribution in [-0.4, -0.2) is 6.03 Å². The largest absolute Gasteiger partial charge is 0.323 e. The Morgan fingerprint density at radius 2 is 1.65 bits per heavy atom. The minimum absolute atomic E-state index is 0.228. The van der Waals surface area contributed by atoms with Crippen LogP contribution in [0, 0.1) is 0 Å². The van der Waals surface area contributed by atoms with E-state index in [1.165, 1.54) is 0 Å². The lowest BCUT2D eigenvalue weighted by molar-refractivity contribution is 0.255.